The monoisotopic (exact) mass is 277 g/mol. The largest absolute Gasteiger partial charge is 0.497 e. The SMILES string of the molecule is COc1ccc(C(=O)N[C@@H]2CCCC[C@@H]2C)c(OC)c1. The first-order chi connectivity index (χ1) is 9.65. The molecule has 20 heavy (non-hydrogen) atoms. The predicted octanol–water partition coefficient (Wildman–Crippen LogP) is 3.01. The Morgan fingerprint density at radius 1 is 1.20 bits per heavy atom. The predicted molar refractivity (Wildman–Crippen MR) is 78.4 cm³/mol. The molecule has 0 bridgehead atoms. The van der Waals surface area contributed by atoms with E-state index in [4.69, 9.17) is 9.47 Å². The van der Waals surface area contributed by atoms with Gasteiger partial charge < -0.3 is 14.8 Å². The summed E-state index contributed by atoms with van der Waals surface area (Å²) in [5.41, 5.74) is 0.561. The molecule has 1 aliphatic carbocycles. The first-order valence-corrected chi connectivity index (χ1v) is 7.18. The third-order valence-electron chi connectivity index (χ3n) is 4.08. The number of benzene rings is 1. The van der Waals surface area contributed by atoms with Gasteiger partial charge in [0.15, 0.2) is 0 Å². The fourth-order valence-electron chi connectivity index (χ4n) is 2.76. The Morgan fingerprint density at radius 2 is 1.95 bits per heavy atom. The Balaban J connectivity index is 2.12. The Morgan fingerprint density at radius 3 is 2.60 bits per heavy atom. The van der Waals surface area contributed by atoms with Gasteiger partial charge in [-0.05, 0) is 30.9 Å². The highest BCUT2D eigenvalue weighted by molar-refractivity contribution is 5.97. The van der Waals surface area contributed by atoms with Gasteiger partial charge in [0.05, 0.1) is 19.8 Å². The van der Waals surface area contributed by atoms with E-state index in [1.807, 2.05) is 0 Å². The molecule has 4 nitrogen and oxygen atoms in total. The Labute approximate surface area is 120 Å². The summed E-state index contributed by atoms with van der Waals surface area (Å²) in [6.45, 7) is 2.20. The number of hydrogen-bond donors (Lipinski definition) is 1. The van der Waals surface area contributed by atoms with E-state index in [1.54, 1.807) is 32.4 Å². The second kappa shape index (κ2) is 6.64. The van der Waals surface area contributed by atoms with Crippen molar-refractivity contribution < 1.29 is 14.3 Å². The highest BCUT2D eigenvalue weighted by Gasteiger charge is 2.24. The molecule has 4 heteroatoms. The van der Waals surface area contributed by atoms with Crippen LogP contribution in [0.4, 0.5) is 0 Å². The quantitative estimate of drug-likeness (QED) is 0.920. The zero-order valence-electron chi connectivity index (χ0n) is 12.4. The maximum atomic E-state index is 12.4. The first kappa shape index (κ1) is 14.7. The second-order valence-corrected chi connectivity index (χ2v) is 5.41. The number of nitrogens with one attached hydrogen (secondary N) is 1. The van der Waals surface area contributed by atoms with Gasteiger partial charge in [-0.1, -0.05) is 19.8 Å². The first-order valence-electron chi connectivity index (χ1n) is 7.18. The minimum Gasteiger partial charge on any atom is -0.497 e. The fraction of sp³-hybridized carbons (Fsp3) is 0.562. The van der Waals surface area contributed by atoms with Crippen LogP contribution in [0.1, 0.15) is 43.0 Å². The molecule has 110 valence electrons. The molecule has 1 aromatic rings. The Hall–Kier alpha value is -1.71. The van der Waals surface area contributed by atoms with Gasteiger partial charge in [-0.2, -0.15) is 0 Å². The lowest BCUT2D eigenvalue weighted by Crippen LogP contribution is -2.41. The van der Waals surface area contributed by atoms with Crippen molar-refractivity contribution in [3.05, 3.63) is 23.8 Å². The van der Waals surface area contributed by atoms with E-state index in [2.05, 4.69) is 12.2 Å². The molecule has 0 spiro atoms. The number of amides is 1. The van der Waals surface area contributed by atoms with Crippen LogP contribution in [0.25, 0.3) is 0 Å². The van der Waals surface area contributed by atoms with E-state index >= 15 is 0 Å². The molecule has 0 saturated heterocycles. The van der Waals surface area contributed by atoms with Gasteiger partial charge in [-0.25, -0.2) is 0 Å². The molecule has 1 fully saturated rings. The van der Waals surface area contributed by atoms with E-state index < -0.39 is 0 Å². The summed E-state index contributed by atoms with van der Waals surface area (Å²) < 4.78 is 10.4. The average molecular weight is 277 g/mol. The topological polar surface area (TPSA) is 47.6 Å². The number of methoxy groups -OCH3 is 2. The molecule has 0 aromatic heterocycles. The van der Waals surface area contributed by atoms with Gasteiger partial charge in [0, 0.05) is 12.1 Å². The van der Waals surface area contributed by atoms with Crippen molar-refractivity contribution in [3.63, 3.8) is 0 Å². The highest BCUT2D eigenvalue weighted by atomic mass is 16.5. The third kappa shape index (κ3) is 3.24. The molecule has 0 unspecified atom stereocenters. The molecule has 1 amide bonds. The van der Waals surface area contributed by atoms with Crippen molar-refractivity contribution in [2.75, 3.05) is 14.2 Å². The maximum absolute atomic E-state index is 12.4. The lowest BCUT2D eigenvalue weighted by Gasteiger charge is -2.29. The van der Waals surface area contributed by atoms with Crippen LogP contribution in [0.2, 0.25) is 0 Å². The number of rotatable bonds is 4. The van der Waals surface area contributed by atoms with Crippen molar-refractivity contribution >= 4 is 5.91 Å². The van der Waals surface area contributed by atoms with E-state index in [0.717, 1.165) is 6.42 Å². The number of carbonyl (C=O) groups is 1. The van der Waals surface area contributed by atoms with Crippen molar-refractivity contribution in [1.82, 2.24) is 5.32 Å². The standard InChI is InChI=1S/C16H23NO3/c1-11-6-4-5-7-14(11)17-16(18)13-9-8-12(19-2)10-15(13)20-3/h8-11,14H,4-7H2,1-3H3,(H,17,18)/t11-,14+/m0/s1. The third-order valence-corrected chi connectivity index (χ3v) is 4.08. The van der Waals surface area contributed by atoms with Crippen LogP contribution in [0.5, 0.6) is 11.5 Å². The molecule has 0 heterocycles. The van der Waals surface area contributed by atoms with Crippen LogP contribution in [0, 0.1) is 5.92 Å². The van der Waals surface area contributed by atoms with Crippen LogP contribution < -0.4 is 14.8 Å². The second-order valence-electron chi connectivity index (χ2n) is 5.41. The molecule has 1 saturated carbocycles. The van der Waals surface area contributed by atoms with Crippen LogP contribution in [-0.2, 0) is 0 Å². The highest BCUT2D eigenvalue weighted by Crippen LogP contribution is 2.27. The van der Waals surface area contributed by atoms with E-state index in [0.29, 0.717) is 23.0 Å². The fourth-order valence-corrected chi connectivity index (χ4v) is 2.76. The summed E-state index contributed by atoms with van der Waals surface area (Å²) in [7, 11) is 3.16. The minimum absolute atomic E-state index is 0.0664. The minimum atomic E-state index is -0.0664. The van der Waals surface area contributed by atoms with E-state index in [9.17, 15) is 4.79 Å². The number of ether oxygens (including phenoxy) is 2. The van der Waals surface area contributed by atoms with Crippen LogP contribution in [0.3, 0.4) is 0 Å². The molecule has 2 rings (SSSR count). The molecule has 0 radical (unpaired) electrons. The summed E-state index contributed by atoms with van der Waals surface area (Å²) >= 11 is 0. The van der Waals surface area contributed by atoms with Crippen LogP contribution >= 0.6 is 0 Å². The number of hydrogen-bond acceptors (Lipinski definition) is 3. The molecule has 1 N–H and O–H groups in total. The van der Waals surface area contributed by atoms with Crippen LogP contribution in [0.15, 0.2) is 18.2 Å². The van der Waals surface area contributed by atoms with Gasteiger partial charge in [0.25, 0.3) is 5.91 Å². The maximum Gasteiger partial charge on any atom is 0.255 e. The average Bonchev–Trinajstić information content (AvgIpc) is 2.48. The lowest BCUT2D eigenvalue weighted by atomic mass is 9.86. The van der Waals surface area contributed by atoms with Gasteiger partial charge >= 0.3 is 0 Å². The smallest absolute Gasteiger partial charge is 0.255 e. The summed E-state index contributed by atoms with van der Waals surface area (Å²) in [4.78, 5) is 12.4. The van der Waals surface area contributed by atoms with Gasteiger partial charge in [0.2, 0.25) is 0 Å². The molecule has 1 aromatic carbocycles. The Bertz CT molecular complexity index is 473. The van der Waals surface area contributed by atoms with E-state index in [1.165, 1.54) is 19.3 Å². The normalized spacial score (nSPS) is 22.1. The van der Waals surface area contributed by atoms with Crippen molar-refractivity contribution in [2.24, 2.45) is 5.92 Å². The number of carbonyl (C=O) groups excluding carboxylic acids is 1. The molecule has 2 atom stereocenters. The van der Waals surface area contributed by atoms with Crippen molar-refractivity contribution in [2.45, 2.75) is 38.6 Å². The van der Waals surface area contributed by atoms with Gasteiger partial charge in [-0.15, -0.1) is 0 Å². The van der Waals surface area contributed by atoms with Crippen LogP contribution in [-0.4, -0.2) is 26.2 Å². The summed E-state index contributed by atoms with van der Waals surface area (Å²) in [5, 5.41) is 3.14. The van der Waals surface area contributed by atoms with Gasteiger partial charge in [-0.3, -0.25) is 4.79 Å². The van der Waals surface area contributed by atoms with Crippen molar-refractivity contribution in [3.8, 4) is 11.5 Å². The molecule has 1 aliphatic rings. The summed E-state index contributed by atoms with van der Waals surface area (Å²) in [5.74, 6) is 1.70. The summed E-state index contributed by atoms with van der Waals surface area (Å²) in [6, 6.07) is 5.53. The molecular weight excluding hydrogens is 254 g/mol. The molecule has 0 aliphatic heterocycles. The summed E-state index contributed by atoms with van der Waals surface area (Å²) in [6.07, 6.45) is 4.70. The molecular formula is C16H23NO3. The van der Waals surface area contributed by atoms with E-state index in [-0.39, 0.29) is 11.9 Å². The lowest BCUT2D eigenvalue weighted by molar-refractivity contribution is 0.0907. The zero-order chi connectivity index (χ0) is 14.5. The zero-order valence-corrected chi connectivity index (χ0v) is 12.4. The van der Waals surface area contributed by atoms with Gasteiger partial charge in [0.1, 0.15) is 11.5 Å². The van der Waals surface area contributed by atoms with Crippen molar-refractivity contribution in [1.29, 1.82) is 0 Å². The Kier molecular flexibility index (Phi) is 4.88.